The van der Waals surface area contributed by atoms with Crippen molar-refractivity contribution >= 4 is 32.1 Å². The summed E-state index contributed by atoms with van der Waals surface area (Å²) >= 11 is 3.22. The highest BCUT2D eigenvalue weighted by molar-refractivity contribution is 9.10. The summed E-state index contributed by atoms with van der Waals surface area (Å²) in [7, 11) is -4.73. The standard InChI is InChI=1S/C11H10BrF2NO3S/c12-10-2-1-8(13)3-7(10)5-15-6-9(4-11(15)16)19(14,17)18/h1-3,9H,4-6H2. The van der Waals surface area contributed by atoms with Gasteiger partial charge in [0.2, 0.25) is 5.91 Å². The van der Waals surface area contributed by atoms with Crippen LogP contribution in [0.1, 0.15) is 12.0 Å². The van der Waals surface area contributed by atoms with E-state index in [1.165, 1.54) is 23.1 Å². The topological polar surface area (TPSA) is 54.5 Å². The molecular formula is C11H10BrF2NO3S. The van der Waals surface area contributed by atoms with E-state index in [2.05, 4.69) is 15.9 Å². The third-order valence-corrected chi connectivity index (χ3v) is 4.83. The maximum absolute atomic E-state index is 13.1. The number of halogens is 3. The fraction of sp³-hybridized carbons (Fsp3) is 0.364. The van der Waals surface area contributed by atoms with Gasteiger partial charge >= 0.3 is 10.2 Å². The Morgan fingerprint density at radius 2 is 2.11 bits per heavy atom. The molecule has 1 aromatic carbocycles. The first-order valence-electron chi connectivity index (χ1n) is 5.42. The van der Waals surface area contributed by atoms with Crippen LogP contribution in [-0.4, -0.2) is 31.0 Å². The zero-order valence-electron chi connectivity index (χ0n) is 9.64. The van der Waals surface area contributed by atoms with Gasteiger partial charge in [0.15, 0.2) is 0 Å². The van der Waals surface area contributed by atoms with Crippen molar-refractivity contribution in [2.75, 3.05) is 6.54 Å². The van der Waals surface area contributed by atoms with Crippen LogP contribution in [0.4, 0.5) is 8.28 Å². The molecule has 0 spiro atoms. The van der Waals surface area contributed by atoms with E-state index in [1.54, 1.807) is 0 Å². The number of hydrogen-bond donors (Lipinski definition) is 0. The van der Waals surface area contributed by atoms with E-state index in [1.807, 2.05) is 0 Å². The van der Waals surface area contributed by atoms with Crippen molar-refractivity contribution in [3.8, 4) is 0 Å². The maximum atomic E-state index is 13.1. The van der Waals surface area contributed by atoms with Crippen molar-refractivity contribution in [2.24, 2.45) is 0 Å². The minimum absolute atomic E-state index is 0.0448. The van der Waals surface area contributed by atoms with Crippen LogP contribution in [-0.2, 0) is 21.6 Å². The second-order valence-corrected chi connectivity index (χ2v) is 6.78. The molecule has 1 aliphatic rings. The van der Waals surface area contributed by atoms with Crippen LogP contribution in [0, 0.1) is 5.82 Å². The molecule has 0 radical (unpaired) electrons. The third-order valence-electron chi connectivity index (χ3n) is 2.95. The van der Waals surface area contributed by atoms with Gasteiger partial charge in [-0.3, -0.25) is 4.79 Å². The zero-order valence-corrected chi connectivity index (χ0v) is 12.0. The number of carbonyl (C=O) groups excluding carboxylic acids is 1. The fourth-order valence-corrected chi connectivity index (χ4v) is 3.02. The van der Waals surface area contributed by atoms with Crippen molar-refractivity contribution in [1.82, 2.24) is 4.90 Å². The lowest BCUT2D eigenvalue weighted by Crippen LogP contribution is -2.27. The molecule has 1 heterocycles. The minimum Gasteiger partial charge on any atom is -0.337 e. The van der Waals surface area contributed by atoms with Gasteiger partial charge in [-0.2, -0.15) is 8.42 Å². The Labute approximate surface area is 117 Å². The number of nitrogens with zero attached hydrogens (tertiary/aromatic N) is 1. The molecule has 4 nitrogen and oxygen atoms in total. The summed E-state index contributed by atoms with van der Waals surface area (Å²) < 4.78 is 48.1. The van der Waals surface area contributed by atoms with E-state index < -0.39 is 27.2 Å². The van der Waals surface area contributed by atoms with Crippen LogP contribution in [0.25, 0.3) is 0 Å². The van der Waals surface area contributed by atoms with Gasteiger partial charge in [-0.05, 0) is 23.8 Å². The Hall–Kier alpha value is -1.02. The molecule has 0 bridgehead atoms. The highest BCUT2D eigenvalue weighted by Gasteiger charge is 2.38. The van der Waals surface area contributed by atoms with Gasteiger partial charge < -0.3 is 4.90 Å². The van der Waals surface area contributed by atoms with Crippen molar-refractivity contribution in [1.29, 1.82) is 0 Å². The summed E-state index contributed by atoms with van der Waals surface area (Å²) in [6, 6.07) is 4.00. The van der Waals surface area contributed by atoms with Crippen LogP contribution in [0.2, 0.25) is 0 Å². The molecule has 0 aromatic heterocycles. The van der Waals surface area contributed by atoms with E-state index in [4.69, 9.17) is 0 Å². The Morgan fingerprint density at radius 1 is 1.42 bits per heavy atom. The molecule has 1 fully saturated rings. The molecule has 0 N–H and O–H groups in total. The molecule has 2 rings (SSSR count). The second-order valence-electron chi connectivity index (χ2n) is 4.31. The van der Waals surface area contributed by atoms with E-state index >= 15 is 0 Å². The molecule has 1 unspecified atom stereocenters. The summed E-state index contributed by atoms with van der Waals surface area (Å²) in [6.45, 7) is -0.163. The Kier molecular flexibility index (Phi) is 3.91. The average Bonchev–Trinajstić information content (AvgIpc) is 2.65. The predicted octanol–water partition coefficient (Wildman–Crippen LogP) is 1.99. The molecule has 1 aliphatic heterocycles. The quantitative estimate of drug-likeness (QED) is 0.781. The minimum atomic E-state index is -4.73. The van der Waals surface area contributed by atoms with Gasteiger partial charge in [0.1, 0.15) is 11.1 Å². The Balaban J connectivity index is 2.16. The van der Waals surface area contributed by atoms with Crippen LogP contribution >= 0.6 is 15.9 Å². The van der Waals surface area contributed by atoms with Crippen LogP contribution in [0.3, 0.4) is 0 Å². The molecule has 8 heteroatoms. The number of hydrogen-bond acceptors (Lipinski definition) is 3. The van der Waals surface area contributed by atoms with Gasteiger partial charge in [-0.25, -0.2) is 4.39 Å². The fourth-order valence-electron chi connectivity index (χ4n) is 1.95. The first-order valence-corrected chi connectivity index (χ1v) is 7.66. The normalized spacial score (nSPS) is 20.1. The van der Waals surface area contributed by atoms with E-state index in [-0.39, 0.29) is 19.5 Å². The number of likely N-dealkylation sites (tertiary alicyclic amines) is 1. The SMILES string of the molecule is O=C1CC(S(=O)(=O)F)CN1Cc1cc(F)ccc1Br. The highest BCUT2D eigenvalue weighted by Crippen LogP contribution is 2.25. The smallest absolute Gasteiger partial charge is 0.307 e. The molecule has 104 valence electrons. The molecule has 1 atom stereocenters. The van der Waals surface area contributed by atoms with Crippen LogP contribution in [0.5, 0.6) is 0 Å². The maximum Gasteiger partial charge on any atom is 0.307 e. The van der Waals surface area contributed by atoms with E-state index in [0.717, 1.165) is 0 Å². The predicted molar refractivity (Wildman–Crippen MR) is 67.9 cm³/mol. The largest absolute Gasteiger partial charge is 0.337 e. The van der Waals surface area contributed by atoms with Gasteiger partial charge in [0.05, 0.1) is 0 Å². The Morgan fingerprint density at radius 3 is 2.68 bits per heavy atom. The van der Waals surface area contributed by atoms with Crippen LogP contribution in [0.15, 0.2) is 22.7 Å². The van der Waals surface area contributed by atoms with Crippen molar-refractivity contribution in [3.05, 3.63) is 34.1 Å². The van der Waals surface area contributed by atoms with Gasteiger partial charge in [0, 0.05) is 24.0 Å². The van der Waals surface area contributed by atoms with Crippen molar-refractivity contribution < 1.29 is 21.5 Å². The summed E-state index contributed by atoms with van der Waals surface area (Å²) in [5, 5.41) is -1.33. The molecule has 1 aromatic rings. The van der Waals surface area contributed by atoms with Crippen LogP contribution < -0.4 is 0 Å². The second kappa shape index (κ2) is 5.16. The lowest BCUT2D eigenvalue weighted by Gasteiger charge is -2.17. The molecule has 1 amide bonds. The lowest BCUT2D eigenvalue weighted by molar-refractivity contribution is -0.128. The zero-order chi connectivity index (χ0) is 14.2. The average molecular weight is 354 g/mol. The molecule has 1 saturated heterocycles. The summed E-state index contributed by atoms with van der Waals surface area (Å²) in [6.07, 6.45) is -0.369. The Bertz CT molecular complexity index is 620. The van der Waals surface area contributed by atoms with Crippen molar-refractivity contribution in [2.45, 2.75) is 18.2 Å². The molecular weight excluding hydrogens is 344 g/mol. The van der Waals surface area contributed by atoms with Gasteiger partial charge in [-0.15, -0.1) is 3.89 Å². The number of carbonyl (C=O) groups is 1. The first kappa shape index (κ1) is 14.4. The summed E-state index contributed by atoms with van der Waals surface area (Å²) in [5.74, 6) is -0.915. The number of rotatable bonds is 3. The van der Waals surface area contributed by atoms with Gasteiger partial charge in [-0.1, -0.05) is 15.9 Å². The summed E-state index contributed by atoms with van der Waals surface area (Å²) in [4.78, 5) is 12.8. The summed E-state index contributed by atoms with van der Waals surface area (Å²) in [5.41, 5.74) is 0.505. The first-order chi connectivity index (χ1) is 8.77. The molecule has 0 saturated carbocycles. The monoisotopic (exact) mass is 353 g/mol. The van der Waals surface area contributed by atoms with E-state index in [0.29, 0.717) is 10.0 Å². The van der Waals surface area contributed by atoms with Gasteiger partial charge in [0.25, 0.3) is 0 Å². The number of amides is 1. The number of benzene rings is 1. The molecule has 19 heavy (non-hydrogen) atoms. The highest BCUT2D eigenvalue weighted by atomic mass is 79.9. The van der Waals surface area contributed by atoms with E-state index in [9.17, 15) is 21.5 Å². The van der Waals surface area contributed by atoms with Crippen molar-refractivity contribution in [3.63, 3.8) is 0 Å². The molecule has 0 aliphatic carbocycles. The third kappa shape index (κ3) is 3.30. The lowest BCUT2D eigenvalue weighted by atomic mass is 10.2.